The highest BCUT2D eigenvalue weighted by Gasteiger charge is 2.39. The van der Waals surface area contributed by atoms with Gasteiger partial charge in [-0.25, -0.2) is 0 Å². The molecular formula is C17H19Cl2N3O. The number of hydrogen-bond acceptors (Lipinski definition) is 2. The van der Waals surface area contributed by atoms with Crippen molar-refractivity contribution in [2.75, 3.05) is 13.6 Å². The summed E-state index contributed by atoms with van der Waals surface area (Å²) in [5, 5.41) is 8.01. The highest BCUT2D eigenvalue weighted by molar-refractivity contribution is 6.35. The molecule has 2 aromatic rings. The number of nitrogens with zero attached hydrogens (tertiary/aromatic N) is 1. The Balaban J connectivity index is 1.47. The Bertz CT molecular complexity index is 685. The minimum Gasteiger partial charge on any atom is -0.467 e. The fourth-order valence-electron chi connectivity index (χ4n) is 2.69. The van der Waals surface area contributed by atoms with Crippen LogP contribution in [0.5, 0.6) is 0 Å². The average molecular weight is 352 g/mol. The van der Waals surface area contributed by atoms with Crippen molar-refractivity contribution in [3.8, 4) is 0 Å². The molecule has 1 heterocycles. The monoisotopic (exact) mass is 351 g/mol. The summed E-state index contributed by atoms with van der Waals surface area (Å²) in [6.07, 6.45) is 2.79. The highest BCUT2D eigenvalue weighted by atomic mass is 35.5. The van der Waals surface area contributed by atoms with Crippen molar-refractivity contribution >= 4 is 29.2 Å². The van der Waals surface area contributed by atoms with Gasteiger partial charge in [0.15, 0.2) is 5.96 Å². The van der Waals surface area contributed by atoms with Crippen molar-refractivity contribution in [2.45, 2.75) is 18.9 Å². The van der Waals surface area contributed by atoms with E-state index in [9.17, 15) is 0 Å². The highest BCUT2D eigenvalue weighted by Crippen LogP contribution is 2.49. The van der Waals surface area contributed by atoms with Crippen LogP contribution >= 0.6 is 23.2 Å². The third-order valence-corrected chi connectivity index (χ3v) is 4.61. The van der Waals surface area contributed by atoms with E-state index < -0.39 is 0 Å². The zero-order valence-electron chi connectivity index (χ0n) is 12.9. The second-order valence-electron chi connectivity index (χ2n) is 5.65. The molecule has 23 heavy (non-hydrogen) atoms. The molecule has 1 saturated carbocycles. The zero-order chi connectivity index (χ0) is 16.2. The second-order valence-corrected chi connectivity index (χ2v) is 6.50. The van der Waals surface area contributed by atoms with Gasteiger partial charge in [-0.1, -0.05) is 29.3 Å². The van der Waals surface area contributed by atoms with Gasteiger partial charge in [0.05, 0.1) is 12.8 Å². The minimum atomic E-state index is 0.496. The van der Waals surface area contributed by atoms with Gasteiger partial charge in [-0.2, -0.15) is 0 Å². The van der Waals surface area contributed by atoms with E-state index >= 15 is 0 Å². The predicted molar refractivity (Wildman–Crippen MR) is 94.2 cm³/mol. The van der Waals surface area contributed by atoms with Crippen molar-refractivity contribution in [1.82, 2.24) is 10.6 Å². The van der Waals surface area contributed by atoms with Crippen LogP contribution in [0.15, 0.2) is 46.0 Å². The van der Waals surface area contributed by atoms with Crippen molar-refractivity contribution in [3.63, 3.8) is 0 Å². The van der Waals surface area contributed by atoms with Crippen LogP contribution in [0.4, 0.5) is 0 Å². The van der Waals surface area contributed by atoms with Crippen LogP contribution in [0.1, 0.15) is 23.7 Å². The number of nitrogens with one attached hydrogen (secondary N) is 2. The fraction of sp³-hybridized carbons (Fsp3) is 0.353. The largest absolute Gasteiger partial charge is 0.467 e. The molecular weight excluding hydrogens is 333 g/mol. The van der Waals surface area contributed by atoms with Crippen LogP contribution in [0.3, 0.4) is 0 Å². The van der Waals surface area contributed by atoms with Gasteiger partial charge >= 0.3 is 0 Å². The van der Waals surface area contributed by atoms with Crippen LogP contribution in [-0.2, 0) is 6.54 Å². The quantitative estimate of drug-likeness (QED) is 0.630. The Morgan fingerprint density at radius 1 is 1.30 bits per heavy atom. The van der Waals surface area contributed by atoms with Gasteiger partial charge in [-0.05, 0) is 48.1 Å². The lowest BCUT2D eigenvalue weighted by molar-refractivity contribution is 0.501. The number of rotatable bonds is 5. The zero-order valence-corrected chi connectivity index (χ0v) is 14.4. The first-order chi connectivity index (χ1) is 11.2. The summed E-state index contributed by atoms with van der Waals surface area (Å²) in [5.41, 5.74) is 1.18. The standard InChI is InChI=1S/C17H19Cl2N3O/c1-20-17(22-10-13-3-2-6-23-13)21-9-11-7-15(11)14-5-4-12(18)8-16(14)19/h2-6,8,11,15H,7,9-10H2,1H3,(H2,20,21,22). The molecule has 2 N–H and O–H groups in total. The predicted octanol–water partition coefficient (Wildman–Crippen LogP) is 4.06. The molecule has 2 atom stereocenters. The molecule has 1 aliphatic rings. The smallest absolute Gasteiger partial charge is 0.191 e. The van der Waals surface area contributed by atoms with Gasteiger partial charge in [0, 0.05) is 23.6 Å². The third-order valence-electron chi connectivity index (χ3n) is 4.05. The van der Waals surface area contributed by atoms with Gasteiger partial charge in [-0.15, -0.1) is 0 Å². The number of guanidine groups is 1. The summed E-state index contributed by atoms with van der Waals surface area (Å²) in [6.45, 7) is 1.48. The minimum absolute atomic E-state index is 0.496. The van der Waals surface area contributed by atoms with E-state index in [1.165, 1.54) is 5.56 Å². The van der Waals surface area contributed by atoms with E-state index in [1.54, 1.807) is 13.3 Å². The molecule has 6 heteroatoms. The first-order valence-electron chi connectivity index (χ1n) is 7.59. The Hall–Kier alpha value is -1.65. The molecule has 1 aromatic carbocycles. The van der Waals surface area contributed by atoms with Crippen molar-refractivity contribution in [1.29, 1.82) is 0 Å². The van der Waals surface area contributed by atoms with Gasteiger partial charge in [0.1, 0.15) is 5.76 Å². The Morgan fingerprint density at radius 2 is 2.17 bits per heavy atom. The Kier molecular flexibility index (Phi) is 5.13. The maximum absolute atomic E-state index is 6.28. The Morgan fingerprint density at radius 3 is 2.87 bits per heavy atom. The number of halogens is 2. The number of aliphatic imine (C=N–C) groups is 1. The molecule has 2 unspecified atom stereocenters. The molecule has 4 nitrogen and oxygen atoms in total. The summed E-state index contributed by atoms with van der Waals surface area (Å²) in [5.74, 6) is 2.71. The number of furan rings is 1. The van der Waals surface area contributed by atoms with Gasteiger partial charge in [0.2, 0.25) is 0 Å². The van der Waals surface area contributed by atoms with Crippen LogP contribution in [0.2, 0.25) is 10.0 Å². The summed E-state index contributed by atoms with van der Waals surface area (Å²) in [4.78, 5) is 4.22. The average Bonchev–Trinajstić information content (AvgIpc) is 3.09. The molecule has 0 bridgehead atoms. The summed E-state index contributed by atoms with van der Waals surface area (Å²) in [7, 11) is 1.76. The van der Waals surface area contributed by atoms with Gasteiger partial charge in [-0.3, -0.25) is 4.99 Å². The second kappa shape index (κ2) is 7.28. The van der Waals surface area contributed by atoms with Crippen LogP contribution in [0, 0.1) is 5.92 Å². The summed E-state index contributed by atoms with van der Waals surface area (Å²) in [6, 6.07) is 9.54. The normalized spacial score (nSPS) is 20.4. The van der Waals surface area contributed by atoms with Gasteiger partial charge < -0.3 is 15.1 Å². The number of benzene rings is 1. The maximum Gasteiger partial charge on any atom is 0.191 e. The van der Waals surface area contributed by atoms with Crippen molar-refractivity contribution < 1.29 is 4.42 Å². The molecule has 1 aliphatic carbocycles. The molecule has 1 fully saturated rings. The molecule has 122 valence electrons. The lowest BCUT2D eigenvalue weighted by atomic mass is 10.1. The van der Waals surface area contributed by atoms with Crippen LogP contribution < -0.4 is 10.6 Å². The van der Waals surface area contributed by atoms with E-state index in [0.717, 1.165) is 29.7 Å². The first-order valence-corrected chi connectivity index (χ1v) is 8.35. The summed E-state index contributed by atoms with van der Waals surface area (Å²) < 4.78 is 5.29. The maximum atomic E-state index is 6.28. The Labute approximate surface area is 145 Å². The molecule has 0 saturated heterocycles. The number of hydrogen-bond donors (Lipinski definition) is 2. The fourth-order valence-corrected chi connectivity index (χ4v) is 3.24. The van der Waals surface area contributed by atoms with Gasteiger partial charge in [0.25, 0.3) is 0 Å². The SMILES string of the molecule is CN=C(NCc1ccco1)NCC1CC1c1ccc(Cl)cc1Cl. The van der Waals surface area contributed by atoms with E-state index in [2.05, 4.69) is 15.6 Å². The van der Waals surface area contributed by atoms with Crippen LogP contribution in [0.25, 0.3) is 0 Å². The van der Waals surface area contributed by atoms with Crippen LogP contribution in [-0.4, -0.2) is 19.6 Å². The van der Waals surface area contributed by atoms with E-state index in [-0.39, 0.29) is 0 Å². The topological polar surface area (TPSA) is 49.6 Å². The molecule has 0 aliphatic heterocycles. The first kappa shape index (κ1) is 16.2. The molecule has 1 aromatic heterocycles. The third kappa shape index (κ3) is 4.21. The lowest BCUT2D eigenvalue weighted by Crippen LogP contribution is -2.37. The van der Waals surface area contributed by atoms with E-state index in [0.29, 0.717) is 23.4 Å². The van der Waals surface area contributed by atoms with Crippen molar-refractivity contribution in [2.24, 2.45) is 10.9 Å². The molecule has 0 radical (unpaired) electrons. The molecule has 0 spiro atoms. The lowest BCUT2D eigenvalue weighted by Gasteiger charge is -2.11. The van der Waals surface area contributed by atoms with Crippen molar-refractivity contribution in [3.05, 3.63) is 58.0 Å². The molecule has 3 rings (SSSR count). The molecule has 0 amide bonds. The van der Waals surface area contributed by atoms with E-state index in [4.69, 9.17) is 27.6 Å². The summed E-state index contributed by atoms with van der Waals surface area (Å²) >= 11 is 12.2. The van der Waals surface area contributed by atoms with E-state index in [1.807, 2.05) is 30.3 Å².